The molecule has 0 saturated heterocycles. The molecule has 0 heterocycles. The standard InChI is InChI=1S/C53H101O13P/c1-3-5-7-9-11-13-15-17-19-21-23-25-27-29-31-33-35-37-39-41-46(54)63-43-45(44-64-67(61,62)66-53-51(59)49(57)48(56)50(58)52(53)60)65-47(55)42-40-38-36-34-32-30-28-26-24-22-20-18-16-14-12-10-8-6-4-2/h21,23,45,48-53,56-60H,3-20,22,24-44H2,1-2H3,(H,61,62)/b23-21-/t45-,48?,49-,50?,51?,52?,53?/m1/s1. The molecule has 396 valence electrons. The molecule has 0 radical (unpaired) electrons. The highest BCUT2D eigenvalue weighted by Gasteiger charge is 2.51. The fraction of sp³-hybridized carbons (Fsp3) is 0.925. The number of hydrogen-bond donors (Lipinski definition) is 6. The van der Waals surface area contributed by atoms with Gasteiger partial charge in [-0.1, -0.05) is 219 Å². The summed E-state index contributed by atoms with van der Waals surface area (Å²) in [5, 5.41) is 50.3. The lowest BCUT2D eigenvalue weighted by molar-refractivity contribution is -0.220. The Morgan fingerprint density at radius 3 is 1.13 bits per heavy atom. The van der Waals surface area contributed by atoms with Gasteiger partial charge in [-0.2, -0.15) is 0 Å². The van der Waals surface area contributed by atoms with Crippen LogP contribution in [0.1, 0.15) is 258 Å². The zero-order valence-electron chi connectivity index (χ0n) is 42.5. The Bertz CT molecular complexity index is 1220. The molecule has 8 atom stereocenters. The van der Waals surface area contributed by atoms with Gasteiger partial charge in [0.15, 0.2) is 6.10 Å². The first-order valence-corrected chi connectivity index (χ1v) is 29.0. The molecule has 1 rings (SSSR count). The highest BCUT2D eigenvalue weighted by Crippen LogP contribution is 2.47. The second kappa shape index (κ2) is 43.4. The number of hydrogen-bond acceptors (Lipinski definition) is 12. The van der Waals surface area contributed by atoms with Gasteiger partial charge >= 0.3 is 19.8 Å². The molecule has 6 N–H and O–H groups in total. The van der Waals surface area contributed by atoms with E-state index < -0.39 is 75.7 Å². The first-order chi connectivity index (χ1) is 32.4. The van der Waals surface area contributed by atoms with Crippen molar-refractivity contribution in [1.29, 1.82) is 0 Å². The quantitative estimate of drug-likeness (QED) is 0.0145. The Balaban J connectivity index is 2.36. The van der Waals surface area contributed by atoms with Gasteiger partial charge in [0, 0.05) is 12.8 Å². The van der Waals surface area contributed by atoms with E-state index in [0.717, 1.165) is 51.4 Å². The maximum atomic E-state index is 12.9. The van der Waals surface area contributed by atoms with Gasteiger partial charge in [-0.25, -0.2) is 4.57 Å². The normalized spacial score (nSPS) is 21.1. The topological polar surface area (TPSA) is 210 Å². The maximum Gasteiger partial charge on any atom is 0.472 e. The van der Waals surface area contributed by atoms with Crippen LogP contribution in [-0.4, -0.2) is 98.3 Å². The molecular formula is C53H101O13P. The van der Waals surface area contributed by atoms with Gasteiger partial charge in [0.1, 0.15) is 43.2 Å². The van der Waals surface area contributed by atoms with Crippen LogP contribution < -0.4 is 0 Å². The van der Waals surface area contributed by atoms with Crippen LogP contribution in [0.3, 0.4) is 0 Å². The van der Waals surface area contributed by atoms with E-state index in [1.165, 1.54) is 167 Å². The van der Waals surface area contributed by atoms with Gasteiger partial charge in [-0.05, 0) is 38.5 Å². The number of aliphatic hydroxyl groups excluding tert-OH is 5. The summed E-state index contributed by atoms with van der Waals surface area (Å²) < 4.78 is 33.7. The predicted molar refractivity (Wildman–Crippen MR) is 267 cm³/mol. The van der Waals surface area contributed by atoms with Crippen LogP contribution in [0.5, 0.6) is 0 Å². The van der Waals surface area contributed by atoms with Crippen molar-refractivity contribution in [3.8, 4) is 0 Å². The van der Waals surface area contributed by atoms with E-state index in [1.807, 2.05) is 0 Å². The molecule has 67 heavy (non-hydrogen) atoms. The minimum Gasteiger partial charge on any atom is -0.462 e. The van der Waals surface area contributed by atoms with Crippen molar-refractivity contribution in [3.63, 3.8) is 0 Å². The fourth-order valence-corrected chi connectivity index (χ4v) is 9.67. The molecule has 0 aliphatic heterocycles. The number of allylic oxidation sites excluding steroid dienone is 2. The van der Waals surface area contributed by atoms with Gasteiger partial charge in [-0.3, -0.25) is 18.6 Å². The highest BCUT2D eigenvalue weighted by molar-refractivity contribution is 7.47. The van der Waals surface area contributed by atoms with Crippen molar-refractivity contribution < 1.29 is 63.1 Å². The van der Waals surface area contributed by atoms with E-state index >= 15 is 0 Å². The first-order valence-electron chi connectivity index (χ1n) is 27.5. The molecule has 0 aromatic rings. The summed E-state index contributed by atoms with van der Waals surface area (Å²) in [5.41, 5.74) is 0. The number of phosphoric acid groups is 1. The maximum absolute atomic E-state index is 12.9. The molecule has 1 aliphatic carbocycles. The van der Waals surface area contributed by atoms with Crippen molar-refractivity contribution >= 4 is 19.8 Å². The molecule has 0 spiro atoms. The summed E-state index contributed by atoms with van der Waals surface area (Å²) in [6, 6.07) is 0. The number of esters is 2. The fourth-order valence-electron chi connectivity index (χ4n) is 8.70. The zero-order chi connectivity index (χ0) is 49.2. The molecule has 0 aromatic carbocycles. The molecule has 14 heteroatoms. The van der Waals surface area contributed by atoms with E-state index in [-0.39, 0.29) is 12.8 Å². The molecule has 13 nitrogen and oxygen atoms in total. The summed E-state index contributed by atoms with van der Waals surface area (Å²) in [6.07, 6.45) is 35.4. The van der Waals surface area contributed by atoms with Crippen LogP contribution in [0.4, 0.5) is 0 Å². The molecule has 1 fully saturated rings. The first kappa shape index (κ1) is 63.6. The Hall–Kier alpha value is -1.41. The second-order valence-corrected chi connectivity index (χ2v) is 20.9. The summed E-state index contributed by atoms with van der Waals surface area (Å²) >= 11 is 0. The number of unbranched alkanes of at least 4 members (excludes halogenated alkanes) is 33. The minimum atomic E-state index is -5.12. The van der Waals surface area contributed by atoms with Crippen molar-refractivity contribution in [3.05, 3.63) is 12.2 Å². The van der Waals surface area contributed by atoms with Gasteiger partial charge in [0.2, 0.25) is 0 Å². The Kier molecular flexibility index (Phi) is 41.2. The molecule has 6 unspecified atom stereocenters. The van der Waals surface area contributed by atoms with E-state index in [9.17, 15) is 44.6 Å². The lowest BCUT2D eigenvalue weighted by atomic mass is 9.85. The number of phosphoric ester groups is 1. The molecular weight excluding hydrogens is 876 g/mol. The van der Waals surface area contributed by atoms with Crippen molar-refractivity contribution in [2.45, 2.75) is 301 Å². The largest absolute Gasteiger partial charge is 0.472 e. The number of ether oxygens (including phenoxy) is 2. The van der Waals surface area contributed by atoms with Crippen LogP contribution in [0, 0.1) is 0 Å². The number of aliphatic hydroxyl groups is 5. The second-order valence-electron chi connectivity index (χ2n) is 19.4. The predicted octanol–water partition coefficient (Wildman–Crippen LogP) is 12.2. The summed E-state index contributed by atoms with van der Waals surface area (Å²) in [7, 11) is -5.12. The molecule has 1 aliphatic rings. The monoisotopic (exact) mass is 977 g/mol. The van der Waals surface area contributed by atoms with Gasteiger partial charge < -0.3 is 39.9 Å². The van der Waals surface area contributed by atoms with Crippen molar-refractivity contribution in [2.75, 3.05) is 13.2 Å². The Labute approximate surface area is 407 Å². The number of carbonyl (C=O) groups excluding carboxylic acids is 2. The van der Waals surface area contributed by atoms with Crippen LogP contribution in [0.2, 0.25) is 0 Å². The summed E-state index contributed by atoms with van der Waals surface area (Å²) in [6.45, 7) is 3.35. The summed E-state index contributed by atoms with van der Waals surface area (Å²) in [5.74, 6) is -1.09. The van der Waals surface area contributed by atoms with Gasteiger partial charge in [0.05, 0.1) is 6.61 Å². The van der Waals surface area contributed by atoms with Crippen LogP contribution in [0.15, 0.2) is 12.2 Å². The molecule has 1 saturated carbocycles. The third kappa shape index (κ3) is 35.4. The lowest BCUT2D eigenvalue weighted by Gasteiger charge is -2.41. The van der Waals surface area contributed by atoms with E-state index in [1.54, 1.807) is 0 Å². The third-order valence-corrected chi connectivity index (χ3v) is 14.1. The Morgan fingerprint density at radius 2 is 0.761 bits per heavy atom. The lowest BCUT2D eigenvalue weighted by Crippen LogP contribution is -2.64. The van der Waals surface area contributed by atoms with E-state index in [0.29, 0.717) is 12.8 Å². The van der Waals surface area contributed by atoms with Gasteiger partial charge in [-0.15, -0.1) is 0 Å². The summed E-state index contributed by atoms with van der Waals surface area (Å²) in [4.78, 5) is 35.9. The van der Waals surface area contributed by atoms with Crippen LogP contribution >= 0.6 is 7.82 Å². The highest BCUT2D eigenvalue weighted by atomic mass is 31.2. The number of carbonyl (C=O) groups is 2. The average molecular weight is 977 g/mol. The smallest absolute Gasteiger partial charge is 0.462 e. The van der Waals surface area contributed by atoms with E-state index in [4.69, 9.17) is 18.5 Å². The van der Waals surface area contributed by atoms with Gasteiger partial charge in [0.25, 0.3) is 0 Å². The van der Waals surface area contributed by atoms with Crippen LogP contribution in [-0.2, 0) is 32.7 Å². The SMILES string of the molecule is CCCCCCCCCC/C=C\CCCCCCCCCC(=O)OC[C@H](COP(=O)(O)OC1C(O)C(O)C(O)[C@@H](O)C1O)OC(=O)CCCCCCCCCCCCCCCCCCCCC. The average Bonchev–Trinajstić information content (AvgIpc) is 3.31. The van der Waals surface area contributed by atoms with Crippen molar-refractivity contribution in [1.82, 2.24) is 0 Å². The van der Waals surface area contributed by atoms with Crippen molar-refractivity contribution in [2.24, 2.45) is 0 Å². The molecule has 0 bridgehead atoms. The molecule has 0 aromatic heterocycles. The Morgan fingerprint density at radius 1 is 0.448 bits per heavy atom. The zero-order valence-corrected chi connectivity index (χ0v) is 43.4. The third-order valence-electron chi connectivity index (χ3n) is 13.1. The number of rotatable bonds is 47. The van der Waals surface area contributed by atoms with E-state index in [2.05, 4.69) is 26.0 Å². The minimum absolute atomic E-state index is 0.102. The van der Waals surface area contributed by atoms with Crippen LogP contribution in [0.25, 0.3) is 0 Å². The molecule has 0 amide bonds.